The van der Waals surface area contributed by atoms with Crippen molar-refractivity contribution in [2.45, 2.75) is 30.7 Å². The molecule has 0 bridgehead atoms. The Morgan fingerprint density at radius 2 is 1.64 bits per heavy atom. The third kappa shape index (κ3) is 2.79. The maximum Gasteiger partial charge on any atom is 0.229 e. The first-order valence-electron chi connectivity index (χ1n) is 7.06. The van der Waals surface area contributed by atoms with Crippen molar-refractivity contribution < 1.29 is 29.9 Å². The molecule has 1 fully saturated rings. The van der Waals surface area contributed by atoms with Crippen molar-refractivity contribution in [3.05, 3.63) is 42.5 Å². The minimum Gasteiger partial charge on any atom is -0.462 e. The van der Waals surface area contributed by atoms with E-state index in [0.29, 0.717) is 5.75 Å². The lowest BCUT2D eigenvalue weighted by Gasteiger charge is -2.39. The summed E-state index contributed by atoms with van der Waals surface area (Å²) in [5.41, 5.74) is 0. The molecule has 1 aliphatic heterocycles. The van der Waals surface area contributed by atoms with Crippen LogP contribution in [-0.4, -0.2) is 57.7 Å². The zero-order chi connectivity index (χ0) is 15.7. The summed E-state index contributed by atoms with van der Waals surface area (Å²) in [5.74, 6) is 0.461. The number of benzene rings is 2. The second kappa shape index (κ2) is 6.20. The molecule has 1 heterocycles. The molecule has 0 spiro atoms. The Kier molecular flexibility index (Phi) is 4.28. The van der Waals surface area contributed by atoms with Gasteiger partial charge in [0.2, 0.25) is 6.29 Å². The molecule has 0 radical (unpaired) electrons. The van der Waals surface area contributed by atoms with Crippen LogP contribution in [0.25, 0.3) is 10.8 Å². The predicted octanol–water partition coefficient (Wildman–Crippen LogP) is 0.0185. The summed E-state index contributed by atoms with van der Waals surface area (Å²) in [4.78, 5) is 0. The SMILES string of the molecule is OC[C@H]1O[C@H](Oc2ccc3ccccc3c2)[C@H](O)[C@@H](O)[C@@H]1O. The molecular formula is C16H18O6. The molecule has 4 N–H and O–H groups in total. The predicted molar refractivity (Wildman–Crippen MR) is 78.3 cm³/mol. The maximum atomic E-state index is 9.95. The molecule has 2 aromatic carbocycles. The van der Waals surface area contributed by atoms with Crippen LogP contribution < -0.4 is 4.74 Å². The zero-order valence-electron chi connectivity index (χ0n) is 11.7. The van der Waals surface area contributed by atoms with Crippen molar-refractivity contribution in [3.8, 4) is 5.75 Å². The molecule has 0 aromatic heterocycles. The number of ether oxygens (including phenoxy) is 2. The average Bonchev–Trinajstić information content (AvgIpc) is 2.55. The van der Waals surface area contributed by atoms with Crippen LogP contribution in [0.4, 0.5) is 0 Å². The Balaban J connectivity index is 1.80. The Morgan fingerprint density at radius 3 is 2.36 bits per heavy atom. The highest BCUT2D eigenvalue weighted by molar-refractivity contribution is 5.83. The Morgan fingerprint density at radius 1 is 0.909 bits per heavy atom. The molecule has 0 amide bonds. The van der Waals surface area contributed by atoms with Gasteiger partial charge in [-0.05, 0) is 22.9 Å². The van der Waals surface area contributed by atoms with Gasteiger partial charge in [0.05, 0.1) is 6.61 Å². The van der Waals surface area contributed by atoms with Crippen molar-refractivity contribution in [1.29, 1.82) is 0 Å². The van der Waals surface area contributed by atoms with Crippen LogP contribution in [0.5, 0.6) is 5.75 Å². The highest BCUT2D eigenvalue weighted by Crippen LogP contribution is 2.26. The van der Waals surface area contributed by atoms with Crippen molar-refractivity contribution in [2.24, 2.45) is 0 Å². The molecule has 0 saturated carbocycles. The Bertz CT molecular complexity index is 643. The van der Waals surface area contributed by atoms with Gasteiger partial charge >= 0.3 is 0 Å². The van der Waals surface area contributed by atoms with Crippen LogP contribution >= 0.6 is 0 Å². The number of aliphatic hydroxyl groups excluding tert-OH is 4. The number of hydrogen-bond donors (Lipinski definition) is 4. The molecule has 2 aromatic rings. The van der Waals surface area contributed by atoms with E-state index in [1.54, 1.807) is 12.1 Å². The van der Waals surface area contributed by atoms with Crippen molar-refractivity contribution >= 4 is 10.8 Å². The molecular weight excluding hydrogens is 288 g/mol. The lowest BCUT2D eigenvalue weighted by molar-refractivity contribution is -0.277. The number of rotatable bonds is 3. The van der Waals surface area contributed by atoms with E-state index >= 15 is 0 Å². The first-order valence-corrected chi connectivity index (χ1v) is 7.06. The van der Waals surface area contributed by atoms with E-state index in [-0.39, 0.29) is 0 Å². The molecule has 6 nitrogen and oxygen atoms in total. The van der Waals surface area contributed by atoms with Crippen molar-refractivity contribution in [2.75, 3.05) is 6.61 Å². The molecule has 6 heteroatoms. The van der Waals surface area contributed by atoms with Crippen molar-refractivity contribution in [1.82, 2.24) is 0 Å². The summed E-state index contributed by atoms with van der Waals surface area (Å²) in [6.07, 6.45) is -6.40. The van der Waals surface area contributed by atoms with Gasteiger partial charge in [-0.1, -0.05) is 30.3 Å². The summed E-state index contributed by atoms with van der Waals surface area (Å²) >= 11 is 0. The topological polar surface area (TPSA) is 99.4 Å². The van der Waals surface area contributed by atoms with Crippen LogP contribution in [0.15, 0.2) is 42.5 Å². The summed E-state index contributed by atoms with van der Waals surface area (Å²) < 4.78 is 10.9. The minimum atomic E-state index is -1.45. The third-order valence-electron chi connectivity index (χ3n) is 3.82. The minimum absolute atomic E-state index is 0.461. The van der Waals surface area contributed by atoms with Crippen molar-refractivity contribution in [3.63, 3.8) is 0 Å². The molecule has 1 saturated heterocycles. The molecule has 0 aliphatic carbocycles. The number of fused-ring (bicyclic) bond motifs is 1. The van der Waals surface area contributed by atoms with Crippen LogP contribution in [0.3, 0.4) is 0 Å². The summed E-state index contributed by atoms with van der Waals surface area (Å²) in [6.45, 7) is -0.484. The largest absolute Gasteiger partial charge is 0.462 e. The quantitative estimate of drug-likeness (QED) is 0.638. The zero-order valence-corrected chi connectivity index (χ0v) is 11.7. The summed E-state index contributed by atoms with van der Waals surface area (Å²) in [7, 11) is 0. The van der Waals surface area contributed by atoms with Gasteiger partial charge < -0.3 is 29.9 Å². The average molecular weight is 306 g/mol. The second-order valence-corrected chi connectivity index (χ2v) is 5.32. The van der Waals surface area contributed by atoms with E-state index in [1.165, 1.54) is 0 Å². The van der Waals surface area contributed by atoms with E-state index in [9.17, 15) is 15.3 Å². The van der Waals surface area contributed by atoms with Crippen LogP contribution in [0.1, 0.15) is 0 Å². The molecule has 3 rings (SSSR count). The molecule has 118 valence electrons. The fourth-order valence-electron chi connectivity index (χ4n) is 2.54. The van der Waals surface area contributed by atoms with Gasteiger partial charge in [0, 0.05) is 0 Å². The maximum absolute atomic E-state index is 9.95. The fourth-order valence-corrected chi connectivity index (χ4v) is 2.54. The van der Waals surface area contributed by atoms with Crippen LogP contribution in [0.2, 0.25) is 0 Å². The van der Waals surface area contributed by atoms with Crippen LogP contribution in [-0.2, 0) is 4.74 Å². The van der Waals surface area contributed by atoms with E-state index in [4.69, 9.17) is 14.6 Å². The van der Waals surface area contributed by atoms with E-state index in [2.05, 4.69) is 0 Å². The highest BCUT2D eigenvalue weighted by atomic mass is 16.7. The van der Waals surface area contributed by atoms with E-state index in [1.807, 2.05) is 30.3 Å². The first-order chi connectivity index (χ1) is 10.6. The summed E-state index contributed by atoms with van der Waals surface area (Å²) in [6, 6.07) is 13.1. The van der Waals surface area contributed by atoms with Crippen LogP contribution in [0, 0.1) is 0 Å². The van der Waals surface area contributed by atoms with Gasteiger partial charge in [-0.3, -0.25) is 0 Å². The first kappa shape index (κ1) is 15.2. The lowest BCUT2D eigenvalue weighted by Crippen LogP contribution is -2.60. The van der Waals surface area contributed by atoms with Gasteiger partial charge in [-0.25, -0.2) is 0 Å². The third-order valence-corrected chi connectivity index (χ3v) is 3.82. The standard InChI is InChI=1S/C16H18O6/c17-8-12-13(18)14(19)15(20)16(22-12)21-11-6-5-9-3-1-2-4-10(9)7-11/h1-7,12-20H,8H2/t12-,13-,14+,15-,16+/m1/s1. The van der Waals surface area contributed by atoms with Gasteiger partial charge in [-0.15, -0.1) is 0 Å². The highest BCUT2D eigenvalue weighted by Gasteiger charge is 2.44. The van der Waals surface area contributed by atoms with Gasteiger partial charge in [0.1, 0.15) is 30.2 Å². The number of hydrogen-bond acceptors (Lipinski definition) is 6. The monoisotopic (exact) mass is 306 g/mol. The second-order valence-electron chi connectivity index (χ2n) is 5.32. The molecule has 1 aliphatic rings. The van der Waals surface area contributed by atoms with E-state index < -0.39 is 37.3 Å². The smallest absolute Gasteiger partial charge is 0.229 e. The van der Waals surface area contributed by atoms with E-state index in [0.717, 1.165) is 10.8 Å². The molecule has 5 atom stereocenters. The normalized spacial score (nSPS) is 32.1. The Hall–Kier alpha value is -1.70. The fraction of sp³-hybridized carbons (Fsp3) is 0.375. The van der Waals surface area contributed by atoms with Gasteiger partial charge in [0.15, 0.2) is 0 Å². The lowest BCUT2D eigenvalue weighted by atomic mass is 9.99. The van der Waals surface area contributed by atoms with Gasteiger partial charge in [-0.2, -0.15) is 0 Å². The number of aliphatic hydroxyl groups is 4. The van der Waals surface area contributed by atoms with Gasteiger partial charge in [0.25, 0.3) is 0 Å². The molecule has 22 heavy (non-hydrogen) atoms. The summed E-state index contributed by atoms with van der Waals surface area (Å²) in [5, 5.41) is 40.6. The molecule has 0 unspecified atom stereocenters. The Labute approximate surface area is 127 Å².